The Labute approximate surface area is 175 Å². The number of unbranched alkanes of at least 4 members (excludes halogenated alkanes) is 13. The molecule has 1 aliphatic heterocycles. The minimum absolute atomic E-state index is 0.677. The quantitative estimate of drug-likeness (QED) is 0.208. The minimum atomic E-state index is 0.677. The van der Waals surface area contributed by atoms with Gasteiger partial charge in [0.15, 0.2) is 0 Å². The predicted octanol–water partition coefficient (Wildman–Crippen LogP) is 7.84. The van der Waals surface area contributed by atoms with E-state index in [4.69, 9.17) is 0 Å². The van der Waals surface area contributed by atoms with Crippen molar-refractivity contribution in [3.63, 3.8) is 0 Å². The maximum atomic E-state index is 4.36. The summed E-state index contributed by atoms with van der Waals surface area (Å²) >= 11 is 0. The molecule has 1 aromatic rings. The number of pyridine rings is 1. The van der Waals surface area contributed by atoms with Gasteiger partial charge in [-0.05, 0) is 18.9 Å². The van der Waals surface area contributed by atoms with Gasteiger partial charge in [-0.3, -0.25) is 4.98 Å². The number of nitrogens with zero attached hydrogens (tertiary/aromatic N) is 2. The highest BCUT2D eigenvalue weighted by Crippen LogP contribution is 2.37. The monoisotopic (exact) mass is 387 g/mol. The molecule has 2 heteroatoms. The second kappa shape index (κ2) is 14.1. The highest BCUT2D eigenvalue weighted by Gasteiger charge is 2.38. The lowest BCUT2D eigenvalue weighted by Crippen LogP contribution is -2.43. The highest BCUT2D eigenvalue weighted by atomic mass is 15.4. The number of aromatic nitrogens is 1. The summed E-state index contributed by atoms with van der Waals surface area (Å²) in [6.07, 6.45) is 26.9. The number of hydrogen-bond acceptors (Lipinski definition) is 1. The van der Waals surface area contributed by atoms with Gasteiger partial charge in [0.05, 0.1) is 20.1 Å². The van der Waals surface area contributed by atoms with Gasteiger partial charge in [-0.1, -0.05) is 90.0 Å². The van der Waals surface area contributed by atoms with E-state index in [-0.39, 0.29) is 0 Å². The summed E-state index contributed by atoms with van der Waals surface area (Å²) in [7, 11) is 2.48. The predicted molar refractivity (Wildman–Crippen MR) is 122 cm³/mol. The average Bonchev–Trinajstić information content (AvgIpc) is 3.10. The van der Waals surface area contributed by atoms with E-state index in [0.29, 0.717) is 6.04 Å². The van der Waals surface area contributed by atoms with Gasteiger partial charge in [0.1, 0.15) is 6.04 Å². The third-order valence-electron chi connectivity index (χ3n) is 6.99. The van der Waals surface area contributed by atoms with Crippen LogP contribution in [0.4, 0.5) is 0 Å². The molecular weight excluding hydrogens is 340 g/mol. The van der Waals surface area contributed by atoms with E-state index in [1.807, 2.05) is 6.20 Å². The lowest BCUT2D eigenvalue weighted by molar-refractivity contribution is -0.927. The summed E-state index contributed by atoms with van der Waals surface area (Å²) in [6, 6.07) is 5.06. The van der Waals surface area contributed by atoms with Crippen LogP contribution in [0.1, 0.15) is 121 Å². The summed E-state index contributed by atoms with van der Waals surface area (Å²) < 4.78 is 1.24. The molecule has 160 valence electrons. The Balaban J connectivity index is 1.45. The summed E-state index contributed by atoms with van der Waals surface area (Å²) in [5, 5.41) is 0. The summed E-state index contributed by atoms with van der Waals surface area (Å²) in [5.41, 5.74) is 1.45. The van der Waals surface area contributed by atoms with Crippen LogP contribution in [0.5, 0.6) is 0 Å². The van der Waals surface area contributed by atoms with Crippen molar-refractivity contribution in [3.05, 3.63) is 30.1 Å². The molecule has 0 bridgehead atoms. The topological polar surface area (TPSA) is 12.9 Å². The molecule has 0 spiro atoms. The lowest BCUT2D eigenvalue weighted by atomic mass is 10.0. The SMILES string of the molecule is CCCCCCCCCCCCCCCC[N+]1(C)CCCC1c1cccnc1. The third-order valence-corrected chi connectivity index (χ3v) is 6.99. The summed E-state index contributed by atoms with van der Waals surface area (Å²) in [6.45, 7) is 4.99. The molecule has 1 aromatic heterocycles. The van der Waals surface area contributed by atoms with Gasteiger partial charge < -0.3 is 4.48 Å². The largest absolute Gasteiger partial charge is 0.320 e. The molecule has 1 aliphatic rings. The van der Waals surface area contributed by atoms with Crippen LogP contribution in [-0.2, 0) is 0 Å². The van der Waals surface area contributed by atoms with Crippen LogP contribution in [0.2, 0.25) is 0 Å². The maximum absolute atomic E-state index is 4.36. The van der Waals surface area contributed by atoms with Gasteiger partial charge in [0, 0.05) is 30.8 Å². The normalized spacial score (nSPS) is 22.0. The van der Waals surface area contributed by atoms with E-state index in [1.165, 1.54) is 126 Å². The Hall–Kier alpha value is -0.890. The van der Waals surface area contributed by atoms with E-state index in [1.54, 1.807) is 0 Å². The molecule has 2 unspecified atom stereocenters. The van der Waals surface area contributed by atoms with Crippen LogP contribution in [0.3, 0.4) is 0 Å². The van der Waals surface area contributed by atoms with E-state index in [9.17, 15) is 0 Å². The van der Waals surface area contributed by atoms with Crippen molar-refractivity contribution < 1.29 is 4.48 Å². The second-order valence-corrected chi connectivity index (χ2v) is 9.47. The lowest BCUT2D eigenvalue weighted by Gasteiger charge is -2.36. The number of hydrogen-bond donors (Lipinski definition) is 0. The molecule has 0 amide bonds. The summed E-state index contributed by atoms with van der Waals surface area (Å²) in [4.78, 5) is 4.36. The Morgan fingerprint density at radius 3 is 1.96 bits per heavy atom. The first-order valence-corrected chi connectivity index (χ1v) is 12.5. The second-order valence-electron chi connectivity index (χ2n) is 9.47. The molecule has 2 rings (SSSR count). The van der Waals surface area contributed by atoms with Crippen molar-refractivity contribution in [2.45, 2.75) is 116 Å². The van der Waals surface area contributed by atoms with Gasteiger partial charge in [0.25, 0.3) is 0 Å². The number of quaternary nitrogens is 1. The van der Waals surface area contributed by atoms with Gasteiger partial charge in [-0.15, -0.1) is 0 Å². The highest BCUT2D eigenvalue weighted by molar-refractivity contribution is 5.12. The fourth-order valence-electron chi connectivity index (χ4n) is 5.15. The van der Waals surface area contributed by atoms with Crippen LogP contribution in [-0.4, -0.2) is 29.6 Å². The number of rotatable bonds is 16. The van der Waals surface area contributed by atoms with Crippen molar-refractivity contribution in [1.29, 1.82) is 0 Å². The molecule has 0 N–H and O–H groups in total. The first-order chi connectivity index (χ1) is 13.8. The molecule has 1 fully saturated rings. The van der Waals surface area contributed by atoms with Crippen molar-refractivity contribution in [2.75, 3.05) is 20.1 Å². The molecule has 0 radical (unpaired) electrons. The average molecular weight is 388 g/mol. The smallest absolute Gasteiger partial charge is 0.116 e. The minimum Gasteiger partial charge on any atom is -0.320 e. The van der Waals surface area contributed by atoms with E-state index >= 15 is 0 Å². The van der Waals surface area contributed by atoms with Crippen molar-refractivity contribution >= 4 is 0 Å². The standard InChI is InChI=1S/C26H47N2/c1-3-4-5-6-7-8-9-10-11-12-13-14-15-16-22-28(2)23-18-20-26(28)25-19-17-21-27-24-25/h17,19,21,24,26H,3-16,18,20,22-23H2,1-2H3/q+1. The zero-order valence-electron chi connectivity index (χ0n) is 19.0. The van der Waals surface area contributed by atoms with E-state index in [0.717, 1.165) is 0 Å². The Kier molecular flexibility index (Phi) is 11.8. The van der Waals surface area contributed by atoms with Crippen molar-refractivity contribution in [1.82, 2.24) is 4.98 Å². The van der Waals surface area contributed by atoms with Crippen molar-refractivity contribution in [3.8, 4) is 0 Å². The molecule has 2 heterocycles. The first-order valence-electron chi connectivity index (χ1n) is 12.5. The summed E-state index contributed by atoms with van der Waals surface area (Å²) in [5.74, 6) is 0. The zero-order chi connectivity index (χ0) is 19.9. The van der Waals surface area contributed by atoms with Crippen LogP contribution >= 0.6 is 0 Å². The van der Waals surface area contributed by atoms with Crippen LogP contribution in [0.25, 0.3) is 0 Å². The van der Waals surface area contributed by atoms with Gasteiger partial charge in [-0.2, -0.15) is 0 Å². The zero-order valence-corrected chi connectivity index (χ0v) is 19.0. The Bertz CT molecular complexity index is 486. The fraction of sp³-hybridized carbons (Fsp3) is 0.808. The molecule has 2 atom stereocenters. The maximum Gasteiger partial charge on any atom is 0.116 e. The van der Waals surface area contributed by atoms with Crippen LogP contribution in [0.15, 0.2) is 24.5 Å². The fourth-order valence-corrected chi connectivity index (χ4v) is 5.15. The molecule has 0 saturated carbocycles. The van der Waals surface area contributed by atoms with Crippen LogP contribution in [0, 0.1) is 0 Å². The van der Waals surface area contributed by atoms with Crippen LogP contribution < -0.4 is 0 Å². The van der Waals surface area contributed by atoms with Gasteiger partial charge >= 0.3 is 0 Å². The van der Waals surface area contributed by atoms with Crippen molar-refractivity contribution in [2.24, 2.45) is 0 Å². The first kappa shape index (κ1) is 23.4. The molecule has 0 aliphatic carbocycles. The molecular formula is C26H47N2+. The van der Waals surface area contributed by atoms with E-state index in [2.05, 4.69) is 37.3 Å². The van der Waals surface area contributed by atoms with Gasteiger partial charge in [-0.25, -0.2) is 0 Å². The molecule has 2 nitrogen and oxygen atoms in total. The Morgan fingerprint density at radius 2 is 1.43 bits per heavy atom. The molecule has 0 aromatic carbocycles. The number of likely N-dealkylation sites (tertiary alicyclic amines) is 1. The van der Waals surface area contributed by atoms with E-state index < -0.39 is 0 Å². The molecule has 1 saturated heterocycles. The Morgan fingerprint density at radius 1 is 0.857 bits per heavy atom. The van der Waals surface area contributed by atoms with Gasteiger partial charge in [0.2, 0.25) is 0 Å². The molecule has 28 heavy (non-hydrogen) atoms. The third kappa shape index (κ3) is 8.64.